The predicted octanol–water partition coefficient (Wildman–Crippen LogP) is 3.65. The summed E-state index contributed by atoms with van der Waals surface area (Å²) in [5.74, 6) is -0.191. The molecule has 3 aromatic rings. The van der Waals surface area contributed by atoms with Gasteiger partial charge in [0.1, 0.15) is 5.82 Å². The molecule has 0 aliphatic carbocycles. The molecule has 7 heteroatoms. The highest BCUT2D eigenvalue weighted by Gasteiger charge is 2.24. The van der Waals surface area contributed by atoms with Crippen LogP contribution in [0.4, 0.5) is 10.1 Å². The maximum Gasteiger partial charge on any atom is 0.237 e. The summed E-state index contributed by atoms with van der Waals surface area (Å²) in [6.07, 6.45) is 3.98. The van der Waals surface area contributed by atoms with E-state index in [4.69, 9.17) is 0 Å². The highest BCUT2D eigenvalue weighted by molar-refractivity contribution is 8.01. The van der Waals surface area contributed by atoms with Crippen molar-refractivity contribution in [1.82, 2.24) is 10.3 Å². The number of thioether (sulfide) groups is 1. The van der Waals surface area contributed by atoms with Gasteiger partial charge in [0.05, 0.1) is 11.0 Å². The van der Waals surface area contributed by atoms with Crippen molar-refractivity contribution in [3.8, 4) is 0 Å². The topological polar surface area (TPSA) is 74.0 Å². The number of aryl methyl sites for hydroxylation is 1. The van der Waals surface area contributed by atoms with Gasteiger partial charge in [-0.05, 0) is 54.7 Å². The van der Waals surface area contributed by atoms with Crippen LogP contribution in [0.2, 0.25) is 0 Å². The van der Waals surface area contributed by atoms with Gasteiger partial charge >= 0.3 is 0 Å². The molecule has 0 spiro atoms. The standard InChI is InChI=1S/C22H22FN3O2S/c23-16-6-7-19-17(11-16)15(12-25-19)9-10-24-21(27)13-29-20-8-5-14-3-1-2-4-18(14)26-22(20)28/h1-4,6-7,11-12,20,25H,5,8-10,13H2,(H,24,27)(H,26,28)/t20-/m1/s1. The molecule has 0 saturated carbocycles. The molecule has 0 bridgehead atoms. The number of rotatable bonds is 6. The highest BCUT2D eigenvalue weighted by atomic mass is 32.2. The van der Waals surface area contributed by atoms with Gasteiger partial charge in [0, 0.05) is 29.3 Å². The Hall–Kier alpha value is -2.80. The lowest BCUT2D eigenvalue weighted by Crippen LogP contribution is -2.30. The van der Waals surface area contributed by atoms with Gasteiger partial charge in [-0.1, -0.05) is 18.2 Å². The van der Waals surface area contributed by atoms with E-state index in [-0.39, 0.29) is 28.6 Å². The van der Waals surface area contributed by atoms with Crippen LogP contribution < -0.4 is 10.6 Å². The second-order valence-electron chi connectivity index (χ2n) is 7.09. The number of carbonyl (C=O) groups excluding carboxylic acids is 2. The molecule has 2 heterocycles. The number of aromatic nitrogens is 1. The maximum absolute atomic E-state index is 13.5. The first-order chi connectivity index (χ1) is 14.1. The SMILES string of the molecule is O=C(CS[C@@H]1CCc2ccccc2NC1=O)NCCc1c[nH]c2ccc(F)cc12. The molecule has 150 valence electrons. The molecule has 0 saturated heterocycles. The lowest BCUT2D eigenvalue weighted by atomic mass is 10.1. The minimum absolute atomic E-state index is 0.0476. The Bertz CT molecular complexity index is 1050. The Morgan fingerprint density at radius 3 is 3.00 bits per heavy atom. The van der Waals surface area contributed by atoms with E-state index in [1.165, 1.54) is 23.9 Å². The monoisotopic (exact) mass is 411 g/mol. The van der Waals surface area contributed by atoms with Crippen LogP contribution in [0.15, 0.2) is 48.7 Å². The van der Waals surface area contributed by atoms with Crippen LogP contribution in [-0.2, 0) is 22.4 Å². The van der Waals surface area contributed by atoms with Gasteiger partial charge in [0.15, 0.2) is 0 Å². The van der Waals surface area contributed by atoms with Crippen molar-refractivity contribution in [2.24, 2.45) is 0 Å². The molecule has 4 rings (SSSR count). The fourth-order valence-electron chi connectivity index (χ4n) is 3.57. The molecule has 1 aromatic heterocycles. The van der Waals surface area contributed by atoms with E-state index in [0.29, 0.717) is 19.4 Å². The molecule has 2 amide bonds. The Morgan fingerprint density at radius 2 is 2.10 bits per heavy atom. The zero-order chi connectivity index (χ0) is 20.2. The van der Waals surface area contributed by atoms with Crippen molar-refractivity contribution in [1.29, 1.82) is 0 Å². The molecular weight excluding hydrogens is 389 g/mol. The number of para-hydroxylation sites is 1. The number of hydrogen-bond donors (Lipinski definition) is 3. The number of amides is 2. The van der Waals surface area contributed by atoms with Gasteiger partial charge in [0.25, 0.3) is 0 Å². The molecule has 1 atom stereocenters. The number of anilines is 1. The second kappa shape index (κ2) is 8.69. The summed E-state index contributed by atoms with van der Waals surface area (Å²) in [6, 6.07) is 12.4. The van der Waals surface area contributed by atoms with Crippen molar-refractivity contribution in [3.05, 3.63) is 65.6 Å². The van der Waals surface area contributed by atoms with Crippen LogP contribution >= 0.6 is 11.8 Å². The van der Waals surface area contributed by atoms with Crippen molar-refractivity contribution in [3.63, 3.8) is 0 Å². The highest BCUT2D eigenvalue weighted by Crippen LogP contribution is 2.27. The third-order valence-electron chi connectivity index (χ3n) is 5.11. The van der Waals surface area contributed by atoms with E-state index in [1.54, 1.807) is 6.07 Å². The number of fused-ring (bicyclic) bond motifs is 2. The third kappa shape index (κ3) is 4.62. The molecule has 2 aromatic carbocycles. The summed E-state index contributed by atoms with van der Waals surface area (Å²) in [5, 5.41) is 6.43. The molecule has 1 aliphatic heterocycles. The number of halogens is 1. The summed E-state index contributed by atoms with van der Waals surface area (Å²) >= 11 is 1.37. The van der Waals surface area contributed by atoms with Crippen LogP contribution in [0, 0.1) is 5.82 Å². The van der Waals surface area contributed by atoms with Crippen molar-refractivity contribution >= 4 is 40.2 Å². The van der Waals surface area contributed by atoms with Gasteiger partial charge in [0.2, 0.25) is 11.8 Å². The minimum Gasteiger partial charge on any atom is -0.361 e. The number of carbonyl (C=O) groups is 2. The van der Waals surface area contributed by atoms with E-state index >= 15 is 0 Å². The summed E-state index contributed by atoms with van der Waals surface area (Å²) in [7, 11) is 0. The van der Waals surface area contributed by atoms with Gasteiger partial charge in [-0.2, -0.15) is 0 Å². The molecule has 3 N–H and O–H groups in total. The summed E-state index contributed by atoms with van der Waals surface area (Å²) < 4.78 is 13.5. The third-order valence-corrected chi connectivity index (χ3v) is 6.39. The van der Waals surface area contributed by atoms with Crippen molar-refractivity contribution in [2.45, 2.75) is 24.5 Å². The molecule has 1 aliphatic rings. The van der Waals surface area contributed by atoms with E-state index < -0.39 is 0 Å². The normalized spacial score (nSPS) is 16.2. The lowest BCUT2D eigenvalue weighted by molar-refractivity contribution is -0.118. The first-order valence-corrected chi connectivity index (χ1v) is 10.7. The van der Waals surface area contributed by atoms with Crippen LogP contribution in [0.5, 0.6) is 0 Å². The van der Waals surface area contributed by atoms with Gasteiger partial charge in [-0.25, -0.2) is 4.39 Å². The van der Waals surface area contributed by atoms with Crippen molar-refractivity contribution < 1.29 is 14.0 Å². The molecule has 5 nitrogen and oxygen atoms in total. The average molecular weight is 412 g/mol. The second-order valence-corrected chi connectivity index (χ2v) is 8.28. The number of hydrogen-bond acceptors (Lipinski definition) is 3. The van der Waals surface area contributed by atoms with Gasteiger partial charge < -0.3 is 15.6 Å². The fraction of sp³-hybridized carbons (Fsp3) is 0.273. The summed E-state index contributed by atoms with van der Waals surface area (Å²) in [4.78, 5) is 27.7. The molecular formula is C22H22FN3O2S. The Balaban J connectivity index is 1.25. The number of nitrogens with one attached hydrogen (secondary N) is 3. The van der Waals surface area contributed by atoms with Gasteiger partial charge in [-0.15, -0.1) is 11.8 Å². The maximum atomic E-state index is 13.5. The Kier molecular flexibility index (Phi) is 5.85. The molecule has 0 unspecified atom stereocenters. The summed E-state index contributed by atoms with van der Waals surface area (Å²) in [5.41, 5.74) is 3.83. The van der Waals surface area contributed by atoms with E-state index in [0.717, 1.165) is 34.1 Å². The van der Waals surface area contributed by atoms with Crippen molar-refractivity contribution in [2.75, 3.05) is 17.6 Å². The number of benzene rings is 2. The molecule has 29 heavy (non-hydrogen) atoms. The largest absolute Gasteiger partial charge is 0.361 e. The summed E-state index contributed by atoms with van der Waals surface area (Å²) in [6.45, 7) is 0.463. The van der Waals surface area contributed by atoms with Crippen LogP contribution in [-0.4, -0.2) is 34.3 Å². The van der Waals surface area contributed by atoms with Gasteiger partial charge in [-0.3, -0.25) is 9.59 Å². The molecule has 0 fully saturated rings. The number of H-pyrrole nitrogens is 1. The predicted molar refractivity (Wildman–Crippen MR) is 115 cm³/mol. The zero-order valence-electron chi connectivity index (χ0n) is 15.8. The number of aromatic amines is 1. The average Bonchev–Trinajstić information content (AvgIpc) is 3.02. The first-order valence-electron chi connectivity index (χ1n) is 9.63. The minimum atomic E-state index is -0.275. The first kappa shape index (κ1) is 19.5. The lowest BCUT2D eigenvalue weighted by Gasteiger charge is -2.12. The molecule has 0 radical (unpaired) electrons. The smallest absolute Gasteiger partial charge is 0.237 e. The van der Waals surface area contributed by atoms with E-state index in [2.05, 4.69) is 15.6 Å². The zero-order valence-corrected chi connectivity index (χ0v) is 16.7. The Labute approximate surface area is 172 Å². The van der Waals surface area contributed by atoms with E-state index in [9.17, 15) is 14.0 Å². The van der Waals surface area contributed by atoms with E-state index in [1.807, 2.05) is 30.5 Å². The van der Waals surface area contributed by atoms with Crippen LogP contribution in [0.3, 0.4) is 0 Å². The fourth-order valence-corrected chi connectivity index (χ4v) is 4.52. The Morgan fingerprint density at radius 1 is 1.24 bits per heavy atom. The van der Waals surface area contributed by atoms with Crippen LogP contribution in [0.25, 0.3) is 10.9 Å². The van der Waals surface area contributed by atoms with Crippen LogP contribution in [0.1, 0.15) is 17.5 Å². The quantitative estimate of drug-likeness (QED) is 0.580.